The van der Waals surface area contributed by atoms with E-state index in [1.54, 1.807) is 29.4 Å². The van der Waals surface area contributed by atoms with E-state index in [-0.39, 0.29) is 18.6 Å². The first kappa shape index (κ1) is 13.7. The summed E-state index contributed by atoms with van der Waals surface area (Å²) in [5.41, 5.74) is 0.909. The van der Waals surface area contributed by atoms with E-state index in [2.05, 4.69) is 4.98 Å². The Morgan fingerprint density at radius 3 is 2.89 bits per heavy atom. The third kappa shape index (κ3) is 3.89. The second-order valence-corrected chi connectivity index (χ2v) is 4.81. The predicted molar refractivity (Wildman–Crippen MR) is 74.3 cm³/mol. The number of hydrogen-bond acceptors (Lipinski definition) is 3. The van der Waals surface area contributed by atoms with E-state index in [4.69, 9.17) is 5.11 Å². The Bertz CT molecular complexity index is 425. The summed E-state index contributed by atoms with van der Waals surface area (Å²) in [6.45, 7) is 0.434. The van der Waals surface area contributed by atoms with Gasteiger partial charge in [0.05, 0.1) is 6.61 Å². The molecule has 1 aromatic rings. The quantitative estimate of drug-likeness (QED) is 0.822. The van der Waals surface area contributed by atoms with Crippen molar-refractivity contribution < 1.29 is 9.90 Å². The van der Waals surface area contributed by atoms with Crippen LogP contribution >= 0.6 is 0 Å². The molecule has 1 heterocycles. The van der Waals surface area contributed by atoms with Gasteiger partial charge in [0.2, 0.25) is 5.91 Å². The van der Waals surface area contributed by atoms with Crippen LogP contribution in [-0.4, -0.2) is 40.1 Å². The summed E-state index contributed by atoms with van der Waals surface area (Å²) >= 11 is 0. The lowest BCUT2D eigenvalue weighted by molar-refractivity contribution is -0.128. The lowest BCUT2D eigenvalue weighted by Gasteiger charge is -2.27. The molecule has 4 heteroatoms. The number of carbonyl (C=O) groups is 1. The van der Waals surface area contributed by atoms with Gasteiger partial charge in [-0.3, -0.25) is 9.78 Å². The number of aliphatic hydroxyl groups is 1. The van der Waals surface area contributed by atoms with Gasteiger partial charge in [0.1, 0.15) is 0 Å². The third-order valence-electron chi connectivity index (χ3n) is 3.49. The zero-order valence-corrected chi connectivity index (χ0v) is 11.0. The lowest BCUT2D eigenvalue weighted by Crippen LogP contribution is -2.39. The molecule has 1 aromatic heterocycles. The van der Waals surface area contributed by atoms with Crippen LogP contribution in [0.25, 0.3) is 6.08 Å². The zero-order chi connectivity index (χ0) is 13.5. The summed E-state index contributed by atoms with van der Waals surface area (Å²) in [5, 5.41) is 9.10. The molecule has 0 bridgehead atoms. The van der Waals surface area contributed by atoms with Gasteiger partial charge in [-0.15, -0.1) is 0 Å². The van der Waals surface area contributed by atoms with Crippen LogP contribution in [0.4, 0.5) is 0 Å². The topological polar surface area (TPSA) is 53.4 Å². The summed E-state index contributed by atoms with van der Waals surface area (Å²) in [4.78, 5) is 18.0. The largest absolute Gasteiger partial charge is 0.395 e. The minimum Gasteiger partial charge on any atom is -0.395 e. The SMILES string of the molecule is O=C(C=Cc1cccnc1)N(CCO)C1CCCC1. The Labute approximate surface area is 113 Å². The molecular formula is C15H20N2O2. The molecule has 0 saturated heterocycles. The van der Waals surface area contributed by atoms with Gasteiger partial charge < -0.3 is 10.0 Å². The van der Waals surface area contributed by atoms with Crippen molar-refractivity contribution in [2.24, 2.45) is 0 Å². The number of aromatic nitrogens is 1. The van der Waals surface area contributed by atoms with Crippen LogP contribution in [0.15, 0.2) is 30.6 Å². The van der Waals surface area contributed by atoms with Gasteiger partial charge >= 0.3 is 0 Å². The summed E-state index contributed by atoms with van der Waals surface area (Å²) in [6.07, 6.45) is 11.2. The van der Waals surface area contributed by atoms with Gasteiger partial charge in [0.15, 0.2) is 0 Å². The van der Waals surface area contributed by atoms with Crippen molar-refractivity contribution in [1.82, 2.24) is 9.88 Å². The smallest absolute Gasteiger partial charge is 0.246 e. The van der Waals surface area contributed by atoms with E-state index in [1.165, 1.54) is 12.8 Å². The van der Waals surface area contributed by atoms with Crippen LogP contribution in [-0.2, 0) is 4.79 Å². The molecule has 1 saturated carbocycles. The van der Waals surface area contributed by atoms with Crippen molar-refractivity contribution >= 4 is 12.0 Å². The highest BCUT2D eigenvalue weighted by Crippen LogP contribution is 2.23. The molecule has 102 valence electrons. The van der Waals surface area contributed by atoms with Gasteiger partial charge in [0, 0.05) is 31.1 Å². The van der Waals surface area contributed by atoms with E-state index >= 15 is 0 Å². The number of amides is 1. The number of nitrogens with zero attached hydrogens (tertiary/aromatic N) is 2. The van der Waals surface area contributed by atoms with E-state index in [0.717, 1.165) is 18.4 Å². The molecular weight excluding hydrogens is 240 g/mol. The third-order valence-corrected chi connectivity index (χ3v) is 3.49. The van der Waals surface area contributed by atoms with Crippen molar-refractivity contribution in [2.45, 2.75) is 31.7 Å². The fourth-order valence-corrected chi connectivity index (χ4v) is 2.53. The van der Waals surface area contributed by atoms with E-state index < -0.39 is 0 Å². The monoisotopic (exact) mass is 260 g/mol. The highest BCUT2D eigenvalue weighted by Gasteiger charge is 2.24. The van der Waals surface area contributed by atoms with Crippen LogP contribution in [0.5, 0.6) is 0 Å². The van der Waals surface area contributed by atoms with Crippen molar-refractivity contribution in [3.8, 4) is 0 Å². The molecule has 0 spiro atoms. The molecule has 1 amide bonds. The molecule has 1 aliphatic rings. The lowest BCUT2D eigenvalue weighted by atomic mass is 10.2. The first-order valence-corrected chi connectivity index (χ1v) is 6.81. The Balaban J connectivity index is 2.00. The summed E-state index contributed by atoms with van der Waals surface area (Å²) < 4.78 is 0. The fourth-order valence-electron chi connectivity index (χ4n) is 2.53. The fraction of sp³-hybridized carbons (Fsp3) is 0.467. The van der Waals surface area contributed by atoms with E-state index in [1.807, 2.05) is 12.1 Å². The molecule has 1 aliphatic carbocycles. The van der Waals surface area contributed by atoms with E-state index in [9.17, 15) is 4.79 Å². The first-order chi connectivity index (χ1) is 9.31. The van der Waals surface area contributed by atoms with Crippen molar-refractivity contribution in [3.63, 3.8) is 0 Å². The number of aliphatic hydroxyl groups excluding tert-OH is 1. The second kappa shape index (κ2) is 7.04. The molecule has 0 aliphatic heterocycles. The average Bonchev–Trinajstić information content (AvgIpc) is 2.97. The Morgan fingerprint density at radius 1 is 1.47 bits per heavy atom. The maximum absolute atomic E-state index is 12.2. The molecule has 19 heavy (non-hydrogen) atoms. The second-order valence-electron chi connectivity index (χ2n) is 4.81. The minimum absolute atomic E-state index is 0.0168. The summed E-state index contributed by atoms with van der Waals surface area (Å²) in [7, 11) is 0. The van der Waals surface area contributed by atoms with Crippen LogP contribution < -0.4 is 0 Å². The molecule has 2 rings (SSSR count). The van der Waals surface area contributed by atoms with Crippen molar-refractivity contribution in [2.75, 3.05) is 13.2 Å². The highest BCUT2D eigenvalue weighted by molar-refractivity contribution is 5.92. The normalized spacial score (nSPS) is 16.1. The molecule has 1 N–H and O–H groups in total. The number of pyridine rings is 1. The number of carbonyl (C=O) groups excluding carboxylic acids is 1. The van der Waals surface area contributed by atoms with Crippen LogP contribution in [0.2, 0.25) is 0 Å². The molecule has 0 aromatic carbocycles. The minimum atomic E-state index is -0.0233. The van der Waals surface area contributed by atoms with Gasteiger partial charge in [0.25, 0.3) is 0 Å². The van der Waals surface area contributed by atoms with Crippen molar-refractivity contribution in [3.05, 3.63) is 36.2 Å². The Morgan fingerprint density at radius 2 is 2.26 bits per heavy atom. The maximum atomic E-state index is 12.2. The van der Waals surface area contributed by atoms with Gasteiger partial charge in [-0.1, -0.05) is 18.9 Å². The highest BCUT2D eigenvalue weighted by atomic mass is 16.3. The Hall–Kier alpha value is -1.68. The average molecular weight is 260 g/mol. The zero-order valence-electron chi connectivity index (χ0n) is 11.0. The van der Waals surface area contributed by atoms with Crippen molar-refractivity contribution in [1.29, 1.82) is 0 Å². The standard InChI is InChI=1S/C15H20N2O2/c18-11-10-17(14-5-1-2-6-14)15(19)8-7-13-4-3-9-16-12-13/h3-4,7-9,12,14,18H,1-2,5-6,10-11H2. The summed E-state index contributed by atoms with van der Waals surface area (Å²) in [6, 6.07) is 4.04. The predicted octanol–water partition coefficient (Wildman–Crippen LogP) is 1.86. The molecule has 0 radical (unpaired) electrons. The molecule has 0 atom stereocenters. The van der Waals surface area contributed by atoms with Crippen LogP contribution in [0.1, 0.15) is 31.2 Å². The first-order valence-electron chi connectivity index (χ1n) is 6.81. The molecule has 1 fully saturated rings. The summed E-state index contributed by atoms with van der Waals surface area (Å²) in [5.74, 6) is -0.0233. The number of hydrogen-bond donors (Lipinski definition) is 1. The van der Waals surface area contributed by atoms with E-state index in [0.29, 0.717) is 6.54 Å². The molecule has 4 nitrogen and oxygen atoms in total. The van der Waals surface area contributed by atoms with Crippen LogP contribution in [0, 0.1) is 0 Å². The molecule has 0 unspecified atom stereocenters. The van der Waals surface area contributed by atoms with Gasteiger partial charge in [-0.2, -0.15) is 0 Å². The maximum Gasteiger partial charge on any atom is 0.246 e. The van der Waals surface area contributed by atoms with Gasteiger partial charge in [-0.05, 0) is 30.5 Å². The van der Waals surface area contributed by atoms with Crippen LogP contribution in [0.3, 0.4) is 0 Å². The Kier molecular flexibility index (Phi) is 5.10. The van der Waals surface area contributed by atoms with Gasteiger partial charge in [-0.25, -0.2) is 0 Å². The number of rotatable bonds is 5.